The summed E-state index contributed by atoms with van der Waals surface area (Å²) in [4.78, 5) is 70.1. The predicted molar refractivity (Wildman–Crippen MR) is 261 cm³/mol. The third kappa shape index (κ3) is 9.54. The number of carbonyl (C=O) groups excluding carboxylic acids is 4. The van der Waals surface area contributed by atoms with E-state index in [1.807, 2.05) is 71.3 Å². The van der Waals surface area contributed by atoms with E-state index in [1.54, 1.807) is 16.2 Å². The van der Waals surface area contributed by atoms with Crippen molar-refractivity contribution in [1.29, 1.82) is 0 Å². The van der Waals surface area contributed by atoms with Gasteiger partial charge < -0.3 is 20.4 Å². The zero-order valence-corrected chi connectivity index (χ0v) is 40.4. The predicted octanol–water partition coefficient (Wildman–Crippen LogP) is 9.96. The molecule has 0 radical (unpaired) electrons. The van der Waals surface area contributed by atoms with Gasteiger partial charge in [0.05, 0.1) is 38.9 Å². The number of aromatic nitrogens is 1. The molecule has 3 fully saturated rings. The number of fused-ring (bicyclic) bond motifs is 2. The van der Waals surface area contributed by atoms with Crippen molar-refractivity contribution < 1.29 is 19.2 Å². The van der Waals surface area contributed by atoms with Crippen LogP contribution in [0, 0.1) is 19.3 Å². The zero-order chi connectivity index (χ0) is 46.0. The number of hydrogen-bond donors (Lipinski definition) is 2. The van der Waals surface area contributed by atoms with E-state index in [9.17, 15) is 19.2 Å². The molecule has 3 aliphatic heterocycles. The number of benzene rings is 3. The van der Waals surface area contributed by atoms with E-state index in [1.165, 1.54) is 17.5 Å². The highest BCUT2D eigenvalue weighted by Crippen LogP contribution is 2.54. The second-order valence-electron chi connectivity index (χ2n) is 19.7. The minimum atomic E-state index is -0.766. The second-order valence-corrected chi connectivity index (χ2v) is 21.0. The number of halogens is 1. The lowest BCUT2D eigenvalue weighted by molar-refractivity contribution is -0.144. The van der Waals surface area contributed by atoms with Gasteiger partial charge in [0.15, 0.2) is 0 Å². The van der Waals surface area contributed by atoms with Gasteiger partial charge >= 0.3 is 0 Å². The van der Waals surface area contributed by atoms with E-state index < -0.39 is 17.5 Å². The Labute approximate surface area is 393 Å². The molecule has 13 heteroatoms. The number of aliphatic imine (C=N–C) groups is 1. The van der Waals surface area contributed by atoms with Gasteiger partial charge in [0, 0.05) is 24.5 Å². The van der Waals surface area contributed by atoms with E-state index in [2.05, 4.69) is 66.8 Å². The fraction of sp³-hybridized carbons (Fsp3) is 0.500. The van der Waals surface area contributed by atoms with Crippen molar-refractivity contribution in [1.82, 2.24) is 25.4 Å². The van der Waals surface area contributed by atoms with Crippen LogP contribution in [0.25, 0.3) is 10.4 Å². The lowest BCUT2D eigenvalue weighted by Gasteiger charge is -2.36. The number of anilines is 2. The Balaban J connectivity index is 0.874. The molecule has 2 N–H and O–H groups in total. The van der Waals surface area contributed by atoms with E-state index in [4.69, 9.17) is 11.6 Å². The monoisotopic (exact) mass is 917 g/mol. The summed E-state index contributed by atoms with van der Waals surface area (Å²) in [5.74, 6) is 0.642. The van der Waals surface area contributed by atoms with Gasteiger partial charge in [-0.3, -0.25) is 24.1 Å². The molecule has 344 valence electrons. The molecule has 1 saturated carbocycles. The molecule has 4 amide bonds. The lowest BCUT2D eigenvalue weighted by atomic mass is 9.69. The van der Waals surface area contributed by atoms with Crippen molar-refractivity contribution >= 4 is 64.3 Å². The average Bonchev–Trinajstić information content (AvgIpc) is 4.03. The second kappa shape index (κ2) is 19.5. The number of piperidine rings is 1. The molecular weight excluding hydrogens is 854 g/mol. The molecule has 8 rings (SSSR count). The van der Waals surface area contributed by atoms with Crippen LogP contribution in [0.3, 0.4) is 0 Å². The minimum absolute atomic E-state index is 0.158. The maximum atomic E-state index is 14.3. The first-order valence-corrected chi connectivity index (χ1v) is 24.8. The van der Waals surface area contributed by atoms with Crippen molar-refractivity contribution in [3.63, 3.8) is 0 Å². The summed E-state index contributed by atoms with van der Waals surface area (Å²) in [5.41, 5.74) is 9.62. The largest absolute Gasteiger partial charge is 0.348 e. The Kier molecular flexibility index (Phi) is 14.0. The summed E-state index contributed by atoms with van der Waals surface area (Å²) < 4.78 is 0. The number of carbonyl (C=O) groups is 4. The molecule has 4 aliphatic rings. The van der Waals surface area contributed by atoms with Crippen LogP contribution >= 0.6 is 22.9 Å². The van der Waals surface area contributed by atoms with Crippen LogP contribution in [0.5, 0.6) is 0 Å². The standard InChI is InChI=1S/C52H64ClN7O4S/c1-33-41(53)12-10-13-42(33)60-43-20-19-39(30-40(43)52(50(60)54-31-61)24-8-7-9-25-52)37-21-27-58(28-22-37)29-23-45(62)57-47(51(4,5)6)49(64)59-26-11-14-44(59)48(63)56-34(2)36-15-17-38(18-16-36)46-35(3)55-32-65-46/h10,12-13,15-20,30-32,34,37,44,47H,7-9,11,14,21-29H2,1-6H3,(H,56,63)(H,57,62)/b54-50-. The average molecular weight is 919 g/mol. The molecule has 1 aliphatic carbocycles. The smallest absolute Gasteiger partial charge is 0.246 e. The van der Waals surface area contributed by atoms with E-state index in [0.29, 0.717) is 36.9 Å². The Morgan fingerprint density at radius 2 is 1.68 bits per heavy atom. The van der Waals surface area contributed by atoms with Crippen molar-refractivity contribution in [2.75, 3.05) is 31.1 Å². The third-order valence-electron chi connectivity index (χ3n) is 14.5. The normalized spacial score (nSPS) is 20.5. The number of amides is 4. The summed E-state index contributed by atoms with van der Waals surface area (Å²) in [6, 6.07) is 19.4. The van der Waals surface area contributed by atoms with Crippen LogP contribution in [0.1, 0.15) is 132 Å². The highest BCUT2D eigenvalue weighted by Gasteiger charge is 2.50. The third-order valence-corrected chi connectivity index (χ3v) is 15.9. The molecule has 1 aromatic heterocycles. The molecule has 3 atom stereocenters. The van der Waals surface area contributed by atoms with E-state index in [-0.39, 0.29) is 35.6 Å². The van der Waals surface area contributed by atoms with E-state index >= 15 is 0 Å². The topological polar surface area (TPSA) is 127 Å². The first-order chi connectivity index (χ1) is 31.2. The maximum absolute atomic E-state index is 14.3. The molecule has 1 spiro atoms. The molecule has 2 saturated heterocycles. The van der Waals surface area contributed by atoms with Crippen molar-refractivity contribution in [3.8, 4) is 10.4 Å². The quantitative estimate of drug-likeness (QED) is 0.136. The Hall–Kier alpha value is -4.91. The highest BCUT2D eigenvalue weighted by molar-refractivity contribution is 7.13. The number of nitrogens with one attached hydrogen (secondary N) is 2. The molecular formula is C52H64ClN7O4S. The Morgan fingerprint density at radius 1 is 0.938 bits per heavy atom. The van der Waals surface area contributed by atoms with Gasteiger partial charge in [-0.15, -0.1) is 11.3 Å². The number of likely N-dealkylation sites (tertiary alicyclic amines) is 2. The molecule has 4 aromatic rings. The number of nitrogens with zero attached hydrogens (tertiary/aromatic N) is 5. The number of rotatable bonds is 12. The molecule has 65 heavy (non-hydrogen) atoms. The highest BCUT2D eigenvalue weighted by atomic mass is 35.5. The fourth-order valence-corrected chi connectivity index (χ4v) is 11.8. The first kappa shape index (κ1) is 46.6. The molecule has 11 nitrogen and oxygen atoms in total. The number of thiazole rings is 1. The van der Waals surface area contributed by atoms with Crippen molar-refractivity contribution in [2.24, 2.45) is 10.4 Å². The van der Waals surface area contributed by atoms with Crippen molar-refractivity contribution in [2.45, 2.75) is 135 Å². The summed E-state index contributed by atoms with van der Waals surface area (Å²) in [7, 11) is 0. The number of aryl methyl sites for hydroxylation is 1. The van der Waals surface area contributed by atoms with Crippen molar-refractivity contribution in [3.05, 3.63) is 99.1 Å². The summed E-state index contributed by atoms with van der Waals surface area (Å²) in [6.07, 6.45) is 9.47. The summed E-state index contributed by atoms with van der Waals surface area (Å²) >= 11 is 8.25. The van der Waals surface area contributed by atoms with Gasteiger partial charge in [0.1, 0.15) is 17.9 Å². The number of hydrogen-bond acceptors (Lipinski definition) is 7. The SMILES string of the molecule is Cc1ncsc1-c1ccc(C(C)NC(=O)C2CCCN2C(=O)C(NC(=O)CCN2CCC(c3ccc4c(c3)C3(CCCCC3)/C(=N/C=O)N4c3cccc(Cl)c3C)CC2)C(C)(C)C)cc1. The van der Waals surface area contributed by atoms with Crippen LogP contribution in [0.4, 0.5) is 11.4 Å². The summed E-state index contributed by atoms with van der Waals surface area (Å²) in [6.45, 7) is 14.7. The molecule has 0 bridgehead atoms. The van der Waals surface area contributed by atoms with Crippen LogP contribution in [0.2, 0.25) is 5.02 Å². The maximum Gasteiger partial charge on any atom is 0.246 e. The minimum Gasteiger partial charge on any atom is -0.348 e. The first-order valence-electron chi connectivity index (χ1n) is 23.5. The number of amidine groups is 1. The zero-order valence-electron chi connectivity index (χ0n) is 38.8. The Morgan fingerprint density at radius 3 is 2.35 bits per heavy atom. The van der Waals surface area contributed by atoms with Crippen LogP contribution in [0.15, 0.2) is 71.2 Å². The summed E-state index contributed by atoms with van der Waals surface area (Å²) in [5, 5.41) is 6.95. The fourth-order valence-electron chi connectivity index (χ4n) is 10.8. The molecule has 3 unspecified atom stereocenters. The Bertz CT molecular complexity index is 2430. The van der Waals surface area contributed by atoms with Gasteiger partial charge in [-0.25, -0.2) is 9.98 Å². The molecule has 3 aromatic carbocycles. The van der Waals surface area contributed by atoms with Crippen LogP contribution < -0.4 is 15.5 Å². The van der Waals surface area contributed by atoms with Gasteiger partial charge in [-0.2, -0.15) is 0 Å². The van der Waals surface area contributed by atoms with Gasteiger partial charge in [-0.1, -0.05) is 94.1 Å². The molecule has 4 heterocycles. The van der Waals surface area contributed by atoms with Gasteiger partial charge in [-0.05, 0) is 130 Å². The van der Waals surface area contributed by atoms with Gasteiger partial charge in [0.2, 0.25) is 24.1 Å². The van der Waals surface area contributed by atoms with E-state index in [0.717, 1.165) is 103 Å². The lowest BCUT2D eigenvalue weighted by Crippen LogP contribution is -2.58. The van der Waals surface area contributed by atoms with Crippen LogP contribution in [-0.4, -0.2) is 83.0 Å². The van der Waals surface area contributed by atoms with Gasteiger partial charge in [0.25, 0.3) is 0 Å². The van der Waals surface area contributed by atoms with Crippen LogP contribution in [-0.2, 0) is 24.6 Å².